The number of amides is 2. The van der Waals surface area contributed by atoms with Crippen LogP contribution in [0.2, 0.25) is 10.0 Å². The normalized spacial score (nSPS) is 15.1. The van der Waals surface area contributed by atoms with E-state index in [4.69, 9.17) is 23.2 Å². The Labute approximate surface area is 217 Å². The molecule has 3 rings (SSSR count). The molecule has 0 saturated heterocycles. The van der Waals surface area contributed by atoms with Crippen molar-refractivity contribution in [3.05, 3.63) is 69.2 Å². The number of hydrogen-bond donors (Lipinski definition) is 1. The molecule has 184 valence electrons. The maximum Gasteiger partial charge on any atom is 0.243 e. The molecular formula is C27H34Cl2N2O2S. The van der Waals surface area contributed by atoms with Gasteiger partial charge in [0.1, 0.15) is 6.04 Å². The zero-order valence-corrected chi connectivity index (χ0v) is 22.3. The zero-order chi connectivity index (χ0) is 24.5. The van der Waals surface area contributed by atoms with Crippen LogP contribution in [0.1, 0.15) is 62.1 Å². The molecule has 1 saturated carbocycles. The van der Waals surface area contributed by atoms with E-state index in [0.717, 1.165) is 42.4 Å². The van der Waals surface area contributed by atoms with E-state index in [2.05, 4.69) is 5.32 Å². The van der Waals surface area contributed by atoms with Gasteiger partial charge >= 0.3 is 0 Å². The van der Waals surface area contributed by atoms with Gasteiger partial charge in [-0.1, -0.05) is 79.7 Å². The number of rotatable bonds is 10. The van der Waals surface area contributed by atoms with Crippen LogP contribution in [0.3, 0.4) is 0 Å². The Kier molecular flexibility index (Phi) is 10.6. The van der Waals surface area contributed by atoms with Gasteiger partial charge in [0, 0.05) is 28.4 Å². The van der Waals surface area contributed by atoms with Crippen LogP contribution in [-0.4, -0.2) is 34.6 Å². The Bertz CT molecular complexity index is 979. The Morgan fingerprint density at radius 3 is 2.50 bits per heavy atom. The summed E-state index contributed by atoms with van der Waals surface area (Å²) in [6, 6.07) is 13.2. The summed E-state index contributed by atoms with van der Waals surface area (Å²) in [5, 5.41) is 4.42. The molecule has 0 aromatic heterocycles. The molecule has 1 fully saturated rings. The monoisotopic (exact) mass is 520 g/mol. The van der Waals surface area contributed by atoms with Crippen molar-refractivity contribution in [2.75, 3.05) is 5.75 Å². The maximum absolute atomic E-state index is 13.5. The fraction of sp³-hybridized carbons (Fsp3) is 0.481. The van der Waals surface area contributed by atoms with E-state index < -0.39 is 6.04 Å². The fourth-order valence-electron chi connectivity index (χ4n) is 4.40. The molecule has 1 aliphatic rings. The largest absolute Gasteiger partial charge is 0.352 e. The summed E-state index contributed by atoms with van der Waals surface area (Å²) >= 11 is 13.8. The second-order valence-electron chi connectivity index (χ2n) is 8.94. The Hall–Kier alpha value is -1.69. The summed E-state index contributed by atoms with van der Waals surface area (Å²) in [6.45, 7) is 4.44. The van der Waals surface area contributed by atoms with Crippen molar-refractivity contribution in [3.8, 4) is 0 Å². The minimum absolute atomic E-state index is 0.0380. The predicted molar refractivity (Wildman–Crippen MR) is 143 cm³/mol. The Morgan fingerprint density at radius 1 is 1.09 bits per heavy atom. The van der Waals surface area contributed by atoms with Gasteiger partial charge in [0.2, 0.25) is 11.8 Å². The molecule has 2 aromatic rings. The first-order valence-corrected chi connectivity index (χ1v) is 14.0. The lowest BCUT2D eigenvalue weighted by Crippen LogP contribution is -2.52. The predicted octanol–water partition coefficient (Wildman–Crippen LogP) is 6.79. The number of nitrogens with zero attached hydrogens (tertiary/aromatic N) is 1. The van der Waals surface area contributed by atoms with Crippen LogP contribution in [0.15, 0.2) is 42.5 Å². The molecule has 1 aliphatic carbocycles. The standard InChI is InChI=1S/C27H34Cl2N2O2S/c1-3-25(27(33)30-23-11-5-4-6-12-23)31(16-20-10-8-7-9-19(20)2)26(32)18-34-17-21-13-14-22(28)15-24(21)29/h7-10,13-15,23,25H,3-6,11-12,16-18H2,1-2H3,(H,30,33)/t25-/m0/s1. The minimum Gasteiger partial charge on any atom is -0.352 e. The first-order chi connectivity index (χ1) is 16.4. The summed E-state index contributed by atoms with van der Waals surface area (Å²) in [4.78, 5) is 28.5. The Balaban J connectivity index is 1.72. The van der Waals surface area contributed by atoms with Gasteiger partial charge in [-0.3, -0.25) is 9.59 Å². The van der Waals surface area contributed by atoms with Crippen molar-refractivity contribution in [2.24, 2.45) is 0 Å². The summed E-state index contributed by atoms with van der Waals surface area (Å²) in [6.07, 6.45) is 6.15. The SMILES string of the molecule is CC[C@@H](C(=O)NC1CCCCC1)N(Cc1ccccc1C)C(=O)CSCc1ccc(Cl)cc1Cl. The van der Waals surface area contributed by atoms with Gasteiger partial charge < -0.3 is 10.2 Å². The maximum atomic E-state index is 13.5. The molecule has 0 spiro atoms. The highest BCUT2D eigenvalue weighted by Gasteiger charge is 2.30. The Morgan fingerprint density at radius 2 is 1.82 bits per heavy atom. The quantitative estimate of drug-likeness (QED) is 0.375. The number of carbonyl (C=O) groups is 2. The first-order valence-electron chi connectivity index (χ1n) is 12.0. The van der Waals surface area contributed by atoms with Gasteiger partial charge in [-0.05, 0) is 55.0 Å². The van der Waals surface area contributed by atoms with Crippen LogP contribution in [0.5, 0.6) is 0 Å². The molecule has 1 N–H and O–H groups in total. The summed E-state index contributed by atoms with van der Waals surface area (Å²) < 4.78 is 0. The third-order valence-electron chi connectivity index (χ3n) is 6.44. The topological polar surface area (TPSA) is 49.4 Å². The van der Waals surface area contributed by atoms with E-state index in [-0.39, 0.29) is 23.6 Å². The van der Waals surface area contributed by atoms with E-state index in [0.29, 0.717) is 28.8 Å². The van der Waals surface area contributed by atoms with Crippen molar-refractivity contribution in [2.45, 2.75) is 76.8 Å². The molecule has 34 heavy (non-hydrogen) atoms. The second-order valence-corrected chi connectivity index (χ2v) is 10.8. The number of thioether (sulfide) groups is 1. The highest BCUT2D eigenvalue weighted by atomic mass is 35.5. The van der Waals surface area contributed by atoms with Gasteiger partial charge in [0.05, 0.1) is 5.75 Å². The van der Waals surface area contributed by atoms with E-state index in [1.54, 1.807) is 17.0 Å². The third kappa shape index (κ3) is 7.66. The van der Waals surface area contributed by atoms with E-state index in [1.165, 1.54) is 18.2 Å². The van der Waals surface area contributed by atoms with Gasteiger partial charge in [-0.2, -0.15) is 0 Å². The van der Waals surface area contributed by atoms with Crippen LogP contribution < -0.4 is 5.32 Å². The van der Waals surface area contributed by atoms with Gasteiger partial charge in [0.25, 0.3) is 0 Å². The average molecular weight is 522 g/mol. The van der Waals surface area contributed by atoms with Gasteiger partial charge in [-0.15, -0.1) is 11.8 Å². The minimum atomic E-state index is -0.492. The highest BCUT2D eigenvalue weighted by molar-refractivity contribution is 7.99. The third-order valence-corrected chi connectivity index (χ3v) is 7.99. The molecule has 2 amide bonds. The number of hydrogen-bond acceptors (Lipinski definition) is 3. The van der Waals surface area contributed by atoms with E-state index in [9.17, 15) is 9.59 Å². The summed E-state index contributed by atoms with van der Waals surface area (Å²) in [7, 11) is 0. The molecular weight excluding hydrogens is 487 g/mol. The number of carbonyl (C=O) groups excluding carboxylic acids is 2. The lowest BCUT2D eigenvalue weighted by atomic mass is 9.95. The second kappa shape index (κ2) is 13.4. The number of halogens is 2. The molecule has 1 atom stereocenters. The van der Waals surface area contributed by atoms with Crippen molar-refractivity contribution in [3.63, 3.8) is 0 Å². The van der Waals surface area contributed by atoms with Crippen LogP contribution in [0.25, 0.3) is 0 Å². The summed E-state index contributed by atoms with van der Waals surface area (Å²) in [5.74, 6) is 0.800. The molecule has 7 heteroatoms. The molecule has 0 unspecified atom stereocenters. The summed E-state index contributed by atoms with van der Waals surface area (Å²) in [5.41, 5.74) is 3.12. The van der Waals surface area contributed by atoms with Crippen LogP contribution >= 0.6 is 35.0 Å². The number of nitrogens with one attached hydrogen (secondary N) is 1. The van der Waals surface area contributed by atoms with Gasteiger partial charge in [-0.25, -0.2) is 0 Å². The molecule has 2 aromatic carbocycles. The van der Waals surface area contributed by atoms with E-state index >= 15 is 0 Å². The number of aryl methyl sites for hydroxylation is 1. The average Bonchev–Trinajstić information content (AvgIpc) is 2.82. The van der Waals surface area contributed by atoms with Crippen LogP contribution in [0, 0.1) is 6.92 Å². The highest BCUT2D eigenvalue weighted by Crippen LogP contribution is 2.26. The zero-order valence-electron chi connectivity index (χ0n) is 20.0. The van der Waals surface area contributed by atoms with Crippen molar-refractivity contribution < 1.29 is 9.59 Å². The van der Waals surface area contributed by atoms with Crippen molar-refractivity contribution in [1.82, 2.24) is 10.2 Å². The molecule has 0 bridgehead atoms. The van der Waals surface area contributed by atoms with Gasteiger partial charge in [0.15, 0.2) is 0 Å². The molecule has 0 aliphatic heterocycles. The lowest BCUT2D eigenvalue weighted by molar-refractivity contribution is -0.139. The van der Waals surface area contributed by atoms with Crippen LogP contribution in [0.4, 0.5) is 0 Å². The van der Waals surface area contributed by atoms with Crippen LogP contribution in [-0.2, 0) is 21.9 Å². The number of benzene rings is 2. The molecule has 0 heterocycles. The fourth-order valence-corrected chi connectivity index (χ4v) is 5.87. The van der Waals surface area contributed by atoms with E-state index in [1.807, 2.05) is 44.2 Å². The lowest BCUT2D eigenvalue weighted by Gasteiger charge is -2.33. The van der Waals surface area contributed by atoms with Crippen molar-refractivity contribution in [1.29, 1.82) is 0 Å². The first kappa shape index (κ1) is 26.9. The van der Waals surface area contributed by atoms with Crippen molar-refractivity contribution >= 4 is 46.8 Å². The smallest absolute Gasteiger partial charge is 0.243 e. The molecule has 0 radical (unpaired) electrons. The molecule has 4 nitrogen and oxygen atoms in total.